The van der Waals surface area contributed by atoms with Gasteiger partial charge >= 0.3 is 5.97 Å². The van der Waals surface area contributed by atoms with Crippen LogP contribution in [-0.2, 0) is 0 Å². The van der Waals surface area contributed by atoms with Crippen molar-refractivity contribution in [3.63, 3.8) is 0 Å². The van der Waals surface area contributed by atoms with E-state index in [0.717, 1.165) is 11.1 Å². The minimum Gasteiger partial charge on any atom is -0.497 e. The first-order chi connectivity index (χ1) is 14.0. The van der Waals surface area contributed by atoms with E-state index in [1.165, 1.54) is 7.11 Å². The maximum Gasteiger partial charge on any atom is 0.343 e. The molecule has 5 nitrogen and oxygen atoms in total. The number of fused-ring (bicyclic) bond motifs is 1. The fraction of sp³-hybridized carbons (Fsp3) is 0.0833. The van der Waals surface area contributed by atoms with Gasteiger partial charge in [0, 0.05) is 6.07 Å². The molecule has 0 aromatic heterocycles. The molecule has 1 aliphatic rings. The summed E-state index contributed by atoms with van der Waals surface area (Å²) < 4.78 is 16.3. The Morgan fingerprint density at radius 3 is 2.59 bits per heavy atom. The number of ether oxygens (including phenoxy) is 3. The summed E-state index contributed by atoms with van der Waals surface area (Å²) in [4.78, 5) is 25.0. The molecule has 3 aromatic carbocycles. The van der Waals surface area contributed by atoms with E-state index in [9.17, 15) is 9.59 Å². The van der Waals surface area contributed by atoms with Crippen molar-refractivity contribution < 1.29 is 23.8 Å². The van der Waals surface area contributed by atoms with E-state index in [1.54, 1.807) is 48.5 Å². The van der Waals surface area contributed by atoms with E-state index >= 15 is 0 Å². The third-order valence-corrected chi connectivity index (χ3v) is 4.63. The van der Waals surface area contributed by atoms with Crippen molar-refractivity contribution >= 4 is 17.8 Å². The Balaban J connectivity index is 1.56. The molecule has 4 rings (SSSR count). The van der Waals surface area contributed by atoms with Gasteiger partial charge in [-0.15, -0.1) is 0 Å². The summed E-state index contributed by atoms with van der Waals surface area (Å²) in [5.41, 5.74) is 2.75. The Morgan fingerprint density at radius 2 is 1.79 bits per heavy atom. The van der Waals surface area contributed by atoms with Crippen LogP contribution < -0.4 is 14.2 Å². The van der Waals surface area contributed by atoms with Crippen LogP contribution in [0.25, 0.3) is 6.08 Å². The van der Waals surface area contributed by atoms with Crippen LogP contribution in [0.1, 0.15) is 31.8 Å². The first-order valence-electron chi connectivity index (χ1n) is 9.05. The van der Waals surface area contributed by atoms with Gasteiger partial charge in [-0.3, -0.25) is 4.79 Å². The lowest BCUT2D eigenvalue weighted by atomic mass is 10.1. The predicted molar refractivity (Wildman–Crippen MR) is 109 cm³/mol. The van der Waals surface area contributed by atoms with Crippen LogP contribution >= 0.6 is 0 Å². The average Bonchev–Trinajstić information content (AvgIpc) is 3.04. The second-order valence-electron chi connectivity index (χ2n) is 6.58. The summed E-state index contributed by atoms with van der Waals surface area (Å²) in [6, 6.07) is 19.1. The second-order valence-corrected chi connectivity index (χ2v) is 6.58. The molecule has 29 heavy (non-hydrogen) atoms. The van der Waals surface area contributed by atoms with Gasteiger partial charge in [-0.2, -0.15) is 0 Å². The second kappa shape index (κ2) is 7.64. The lowest BCUT2D eigenvalue weighted by molar-refractivity contribution is 0.0734. The van der Waals surface area contributed by atoms with Crippen LogP contribution in [0.15, 0.2) is 72.5 Å². The van der Waals surface area contributed by atoms with Crippen molar-refractivity contribution in [2.75, 3.05) is 7.11 Å². The third kappa shape index (κ3) is 3.75. The van der Waals surface area contributed by atoms with Crippen molar-refractivity contribution in [2.24, 2.45) is 0 Å². The summed E-state index contributed by atoms with van der Waals surface area (Å²) in [5, 5.41) is 0. The fourth-order valence-electron chi connectivity index (χ4n) is 3.04. The number of Topliss-reactive ketones (excluding diaryl/α,β-unsaturated/α-hetero) is 1. The minimum atomic E-state index is -0.524. The van der Waals surface area contributed by atoms with E-state index in [2.05, 4.69) is 0 Å². The Hall–Kier alpha value is -3.86. The molecule has 0 N–H and O–H groups in total. The Labute approximate surface area is 168 Å². The topological polar surface area (TPSA) is 61.8 Å². The monoisotopic (exact) mass is 386 g/mol. The zero-order valence-corrected chi connectivity index (χ0v) is 16.0. The molecule has 0 amide bonds. The minimum absolute atomic E-state index is 0.200. The van der Waals surface area contributed by atoms with Crippen molar-refractivity contribution in [3.05, 3.63) is 94.7 Å². The van der Waals surface area contributed by atoms with Crippen molar-refractivity contribution in [2.45, 2.75) is 6.92 Å². The first-order valence-corrected chi connectivity index (χ1v) is 9.05. The number of allylic oxidation sites excluding steroid dienone is 1. The SMILES string of the molecule is COc1cccc(C(=O)Oc2ccc3c(c2)O/C(=C/c2ccccc2C)C3=O)c1. The zero-order chi connectivity index (χ0) is 20.4. The smallest absolute Gasteiger partial charge is 0.343 e. The van der Waals surface area contributed by atoms with E-state index in [0.29, 0.717) is 28.4 Å². The van der Waals surface area contributed by atoms with Gasteiger partial charge in [0.2, 0.25) is 5.78 Å². The third-order valence-electron chi connectivity index (χ3n) is 4.63. The Morgan fingerprint density at radius 1 is 0.966 bits per heavy atom. The number of hydrogen-bond acceptors (Lipinski definition) is 5. The molecule has 1 aliphatic heterocycles. The summed E-state index contributed by atoms with van der Waals surface area (Å²) in [6.07, 6.45) is 1.72. The number of hydrogen-bond donors (Lipinski definition) is 0. The summed E-state index contributed by atoms with van der Waals surface area (Å²) in [5.74, 6) is 0.740. The highest BCUT2D eigenvalue weighted by atomic mass is 16.5. The molecule has 0 bridgehead atoms. The highest BCUT2D eigenvalue weighted by Gasteiger charge is 2.28. The maximum atomic E-state index is 12.6. The quantitative estimate of drug-likeness (QED) is 0.365. The molecule has 3 aromatic rings. The van der Waals surface area contributed by atoms with Crippen LogP contribution in [-0.4, -0.2) is 18.9 Å². The zero-order valence-electron chi connectivity index (χ0n) is 16.0. The number of methoxy groups -OCH3 is 1. The summed E-state index contributed by atoms with van der Waals surface area (Å²) >= 11 is 0. The lowest BCUT2D eigenvalue weighted by Crippen LogP contribution is -2.08. The highest BCUT2D eigenvalue weighted by molar-refractivity contribution is 6.14. The molecule has 5 heteroatoms. The number of aryl methyl sites for hydroxylation is 1. The highest BCUT2D eigenvalue weighted by Crippen LogP contribution is 2.35. The predicted octanol–water partition coefficient (Wildman–Crippen LogP) is 4.84. The molecule has 0 saturated heterocycles. The van der Waals surface area contributed by atoms with Gasteiger partial charge in [0.05, 0.1) is 18.2 Å². The average molecular weight is 386 g/mol. The van der Waals surface area contributed by atoms with Gasteiger partial charge in [0.1, 0.15) is 17.2 Å². The van der Waals surface area contributed by atoms with Crippen LogP contribution in [0.2, 0.25) is 0 Å². The van der Waals surface area contributed by atoms with Crippen LogP contribution in [0.3, 0.4) is 0 Å². The van der Waals surface area contributed by atoms with Gasteiger partial charge < -0.3 is 14.2 Å². The number of carbonyl (C=O) groups excluding carboxylic acids is 2. The lowest BCUT2D eigenvalue weighted by Gasteiger charge is -2.07. The maximum absolute atomic E-state index is 12.6. The van der Waals surface area contributed by atoms with Crippen molar-refractivity contribution in [3.8, 4) is 17.2 Å². The van der Waals surface area contributed by atoms with Crippen LogP contribution in [0.5, 0.6) is 17.2 Å². The van der Waals surface area contributed by atoms with Gasteiger partial charge in [-0.05, 0) is 54.5 Å². The first kappa shape index (κ1) is 18.5. The molecule has 0 unspecified atom stereocenters. The van der Waals surface area contributed by atoms with Crippen LogP contribution in [0, 0.1) is 6.92 Å². The number of carbonyl (C=O) groups is 2. The van der Waals surface area contributed by atoms with Gasteiger partial charge in [-0.25, -0.2) is 4.79 Å². The summed E-state index contributed by atoms with van der Waals surface area (Å²) in [7, 11) is 1.53. The van der Waals surface area contributed by atoms with E-state index in [1.807, 2.05) is 31.2 Å². The molecular formula is C24H18O5. The molecule has 0 atom stereocenters. The molecule has 0 spiro atoms. The number of esters is 1. The number of ketones is 1. The van der Waals surface area contributed by atoms with E-state index < -0.39 is 5.97 Å². The molecule has 0 saturated carbocycles. The molecule has 0 fully saturated rings. The van der Waals surface area contributed by atoms with Gasteiger partial charge in [-0.1, -0.05) is 30.3 Å². The van der Waals surface area contributed by atoms with E-state index in [-0.39, 0.29) is 11.5 Å². The fourth-order valence-corrected chi connectivity index (χ4v) is 3.04. The molecule has 0 radical (unpaired) electrons. The number of benzene rings is 3. The normalized spacial score (nSPS) is 13.7. The van der Waals surface area contributed by atoms with Gasteiger partial charge in [0.25, 0.3) is 0 Å². The molecule has 0 aliphatic carbocycles. The largest absolute Gasteiger partial charge is 0.497 e. The van der Waals surface area contributed by atoms with Crippen LogP contribution in [0.4, 0.5) is 0 Å². The number of rotatable bonds is 4. The molecule has 144 valence electrons. The molecule has 1 heterocycles. The van der Waals surface area contributed by atoms with Crippen molar-refractivity contribution in [1.29, 1.82) is 0 Å². The molecular weight excluding hydrogens is 368 g/mol. The standard InChI is InChI=1S/C24H18O5/c1-15-6-3-4-7-16(15)13-22-23(25)20-11-10-19(14-21(20)29-22)28-24(26)17-8-5-9-18(12-17)27-2/h3-14H,1-2H3/b22-13+. The van der Waals surface area contributed by atoms with Crippen molar-refractivity contribution in [1.82, 2.24) is 0 Å². The Bertz CT molecular complexity index is 1140. The Kier molecular flexibility index (Phi) is 4.87. The summed E-state index contributed by atoms with van der Waals surface area (Å²) in [6.45, 7) is 1.97. The van der Waals surface area contributed by atoms with E-state index in [4.69, 9.17) is 14.2 Å². The van der Waals surface area contributed by atoms with Gasteiger partial charge in [0.15, 0.2) is 5.76 Å².